The molecule has 2 heterocycles. The first-order chi connectivity index (χ1) is 16.7. The number of rotatable bonds is 6. The first-order valence-corrected chi connectivity index (χ1v) is 12.1. The van der Waals surface area contributed by atoms with Gasteiger partial charge in [-0.15, -0.1) is 11.3 Å². The zero-order valence-corrected chi connectivity index (χ0v) is 20.7. The number of thiophene rings is 1. The number of benzene rings is 2. The molecule has 0 aliphatic heterocycles. The molecule has 2 aromatic carbocycles. The van der Waals surface area contributed by atoms with Gasteiger partial charge in [-0.25, -0.2) is 9.18 Å². The first kappa shape index (κ1) is 24.6. The van der Waals surface area contributed by atoms with E-state index in [9.17, 15) is 18.8 Å². The van der Waals surface area contributed by atoms with Crippen molar-refractivity contribution in [3.05, 3.63) is 85.9 Å². The second-order valence-corrected chi connectivity index (χ2v) is 9.22. The van der Waals surface area contributed by atoms with Gasteiger partial charge in [-0.3, -0.25) is 9.59 Å². The van der Waals surface area contributed by atoms with Crippen LogP contribution in [0.15, 0.2) is 52.6 Å². The van der Waals surface area contributed by atoms with E-state index in [4.69, 9.17) is 16.3 Å². The Bertz CT molecular complexity index is 1480. The molecule has 0 unspecified atom stereocenters. The minimum absolute atomic E-state index is 0.0572. The average molecular weight is 514 g/mol. The maximum Gasteiger partial charge on any atom is 0.359 e. The number of fused-ring (bicyclic) bond motifs is 1. The molecule has 0 fully saturated rings. The van der Waals surface area contributed by atoms with Crippen molar-refractivity contribution in [2.75, 3.05) is 11.9 Å². The number of hydrogen-bond donors (Lipinski definition) is 1. The molecule has 0 saturated carbocycles. The Morgan fingerprint density at radius 1 is 1.20 bits per heavy atom. The van der Waals surface area contributed by atoms with Crippen LogP contribution in [0.4, 0.5) is 9.39 Å². The second kappa shape index (κ2) is 9.97. The van der Waals surface area contributed by atoms with E-state index in [2.05, 4.69) is 10.4 Å². The van der Waals surface area contributed by atoms with Gasteiger partial charge >= 0.3 is 5.97 Å². The number of nitrogens with one attached hydrogen (secondary N) is 1. The van der Waals surface area contributed by atoms with Crippen molar-refractivity contribution >= 4 is 50.6 Å². The largest absolute Gasteiger partial charge is 0.461 e. The molecule has 4 rings (SSSR count). The summed E-state index contributed by atoms with van der Waals surface area (Å²) in [5.74, 6) is -2.04. The summed E-state index contributed by atoms with van der Waals surface area (Å²) in [5, 5.41) is 8.73. The Balaban J connectivity index is 1.88. The lowest BCUT2D eigenvalue weighted by Crippen LogP contribution is -2.25. The standard InChI is InChI=1S/C25H21ClFN3O4S/c1-4-34-25(33)21-16-12-35-23(28-22(31)20-17(26)6-5-7-18(20)27)19(16)24(32)30(29-21)15-10-8-14(9-11-15)13(2)3/h5-13H,4H2,1-3H3,(H,28,31). The minimum atomic E-state index is -0.821. The number of nitrogens with zero attached hydrogens (tertiary/aromatic N) is 2. The summed E-state index contributed by atoms with van der Waals surface area (Å²) in [4.78, 5) is 39.0. The fourth-order valence-corrected chi connectivity index (χ4v) is 4.73. The quantitative estimate of drug-likeness (QED) is 0.329. The summed E-state index contributed by atoms with van der Waals surface area (Å²) >= 11 is 7.03. The number of carbonyl (C=O) groups is 2. The van der Waals surface area contributed by atoms with Crippen LogP contribution in [0, 0.1) is 5.82 Å². The molecule has 0 spiro atoms. The van der Waals surface area contributed by atoms with Gasteiger partial charge in [-0.2, -0.15) is 9.78 Å². The van der Waals surface area contributed by atoms with Crippen LogP contribution in [0.1, 0.15) is 53.1 Å². The Hall–Kier alpha value is -3.56. The molecule has 0 radical (unpaired) electrons. The summed E-state index contributed by atoms with van der Waals surface area (Å²) in [6.07, 6.45) is 0. The van der Waals surface area contributed by atoms with Gasteiger partial charge in [0.05, 0.1) is 28.3 Å². The third kappa shape index (κ3) is 4.69. The lowest BCUT2D eigenvalue weighted by Gasteiger charge is -2.11. The maximum atomic E-state index is 14.3. The Kier molecular flexibility index (Phi) is 7.00. The summed E-state index contributed by atoms with van der Waals surface area (Å²) in [6.45, 7) is 5.87. The minimum Gasteiger partial charge on any atom is -0.461 e. The molecule has 35 heavy (non-hydrogen) atoms. The van der Waals surface area contributed by atoms with Gasteiger partial charge in [0.1, 0.15) is 10.8 Å². The molecular formula is C25H21ClFN3O4S. The molecule has 10 heteroatoms. The number of anilines is 1. The fourth-order valence-electron chi connectivity index (χ4n) is 3.55. The number of aromatic nitrogens is 2. The third-order valence-electron chi connectivity index (χ3n) is 5.34. The number of ether oxygens (including phenoxy) is 1. The molecule has 4 aromatic rings. The monoisotopic (exact) mass is 513 g/mol. The van der Waals surface area contributed by atoms with Gasteiger partial charge in [-0.1, -0.05) is 43.6 Å². The van der Waals surface area contributed by atoms with Crippen LogP contribution in [0.25, 0.3) is 16.5 Å². The van der Waals surface area contributed by atoms with E-state index in [0.717, 1.165) is 27.6 Å². The Morgan fingerprint density at radius 2 is 1.91 bits per heavy atom. The Labute approximate surface area is 209 Å². The molecule has 0 saturated heterocycles. The lowest BCUT2D eigenvalue weighted by molar-refractivity contribution is 0.0520. The van der Waals surface area contributed by atoms with Crippen LogP contribution >= 0.6 is 22.9 Å². The van der Waals surface area contributed by atoms with Crippen molar-refractivity contribution in [3.63, 3.8) is 0 Å². The van der Waals surface area contributed by atoms with E-state index in [0.29, 0.717) is 5.69 Å². The van der Waals surface area contributed by atoms with Crippen LogP contribution in [0.5, 0.6) is 0 Å². The van der Waals surface area contributed by atoms with Crippen molar-refractivity contribution in [3.8, 4) is 5.69 Å². The molecule has 0 bridgehead atoms. The highest BCUT2D eigenvalue weighted by Gasteiger charge is 2.24. The number of carbonyl (C=O) groups excluding carboxylic acids is 2. The normalized spacial score (nSPS) is 11.1. The smallest absolute Gasteiger partial charge is 0.359 e. The third-order valence-corrected chi connectivity index (χ3v) is 6.55. The summed E-state index contributed by atoms with van der Waals surface area (Å²) < 4.78 is 20.5. The van der Waals surface area contributed by atoms with E-state index in [1.807, 2.05) is 26.0 Å². The van der Waals surface area contributed by atoms with Crippen LogP contribution in [0.2, 0.25) is 5.02 Å². The summed E-state index contributed by atoms with van der Waals surface area (Å²) in [6, 6.07) is 11.1. The highest BCUT2D eigenvalue weighted by Crippen LogP contribution is 2.32. The van der Waals surface area contributed by atoms with E-state index in [1.165, 1.54) is 17.5 Å². The topological polar surface area (TPSA) is 90.3 Å². The average Bonchev–Trinajstić information content (AvgIpc) is 3.23. The predicted molar refractivity (Wildman–Crippen MR) is 135 cm³/mol. The summed E-state index contributed by atoms with van der Waals surface area (Å²) in [5.41, 5.74) is 0.530. The highest BCUT2D eigenvalue weighted by atomic mass is 35.5. The molecule has 1 N–H and O–H groups in total. The van der Waals surface area contributed by atoms with Crippen LogP contribution in [-0.2, 0) is 4.74 Å². The SMILES string of the molecule is CCOC(=O)c1nn(-c2ccc(C(C)C)cc2)c(=O)c2c(NC(=O)c3c(F)cccc3Cl)scc12. The first-order valence-electron chi connectivity index (χ1n) is 10.8. The van der Waals surface area contributed by atoms with Gasteiger partial charge in [-0.05, 0) is 42.7 Å². The number of halogens is 2. The molecule has 180 valence electrons. The molecule has 7 nitrogen and oxygen atoms in total. The highest BCUT2D eigenvalue weighted by molar-refractivity contribution is 7.16. The zero-order valence-electron chi connectivity index (χ0n) is 19.1. The Morgan fingerprint density at radius 3 is 2.54 bits per heavy atom. The molecule has 2 aromatic heterocycles. The number of amides is 1. The van der Waals surface area contributed by atoms with E-state index in [1.54, 1.807) is 19.1 Å². The molecule has 0 atom stereocenters. The van der Waals surface area contributed by atoms with E-state index >= 15 is 0 Å². The van der Waals surface area contributed by atoms with Gasteiger partial charge in [0.15, 0.2) is 5.69 Å². The number of hydrogen-bond acceptors (Lipinski definition) is 6. The molecule has 0 aliphatic carbocycles. The van der Waals surface area contributed by atoms with Crippen molar-refractivity contribution < 1.29 is 18.7 Å². The van der Waals surface area contributed by atoms with Gasteiger partial charge in [0.25, 0.3) is 11.5 Å². The van der Waals surface area contributed by atoms with E-state index < -0.39 is 23.3 Å². The lowest BCUT2D eigenvalue weighted by atomic mass is 10.0. The van der Waals surface area contributed by atoms with Crippen LogP contribution < -0.4 is 10.9 Å². The van der Waals surface area contributed by atoms with Crippen molar-refractivity contribution in [2.24, 2.45) is 0 Å². The number of esters is 1. The van der Waals surface area contributed by atoms with Crippen molar-refractivity contribution in [1.29, 1.82) is 0 Å². The maximum absolute atomic E-state index is 14.3. The van der Waals surface area contributed by atoms with Gasteiger partial charge < -0.3 is 10.1 Å². The van der Waals surface area contributed by atoms with Gasteiger partial charge in [0, 0.05) is 10.8 Å². The molecule has 0 aliphatic rings. The molecular weight excluding hydrogens is 493 g/mol. The van der Waals surface area contributed by atoms with Crippen LogP contribution in [0.3, 0.4) is 0 Å². The van der Waals surface area contributed by atoms with Crippen molar-refractivity contribution in [1.82, 2.24) is 9.78 Å². The van der Waals surface area contributed by atoms with Gasteiger partial charge in [0.2, 0.25) is 0 Å². The zero-order chi connectivity index (χ0) is 25.3. The predicted octanol–water partition coefficient (Wildman–Crippen LogP) is 5.79. The summed E-state index contributed by atoms with van der Waals surface area (Å²) in [7, 11) is 0. The van der Waals surface area contributed by atoms with Crippen molar-refractivity contribution in [2.45, 2.75) is 26.7 Å². The van der Waals surface area contributed by atoms with E-state index in [-0.39, 0.29) is 44.6 Å². The second-order valence-electron chi connectivity index (χ2n) is 7.94. The molecule has 1 amide bonds. The van der Waals surface area contributed by atoms with Crippen LogP contribution in [-0.4, -0.2) is 28.3 Å². The fraction of sp³-hybridized carbons (Fsp3) is 0.200.